The number of nitrogens with two attached hydrogens (primary N) is 2. The molecule has 31 heavy (non-hydrogen) atoms. The van der Waals surface area contributed by atoms with Gasteiger partial charge in [0.15, 0.2) is 0 Å². The largest absolute Gasteiger partial charge is 0.489 e. The second-order valence-electron chi connectivity index (χ2n) is 7.68. The van der Waals surface area contributed by atoms with E-state index in [1.54, 1.807) is 0 Å². The van der Waals surface area contributed by atoms with Crippen molar-refractivity contribution in [2.24, 2.45) is 5.73 Å². The average Bonchev–Trinajstić information content (AvgIpc) is 2.75. The van der Waals surface area contributed by atoms with E-state index in [4.69, 9.17) is 10.5 Å². The van der Waals surface area contributed by atoms with Gasteiger partial charge in [-0.1, -0.05) is 42.7 Å². The van der Waals surface area contributed by atoms with Gasteiger partial charge in [0.1, 0.15) is 18.0 Å². The number of primary amides is 1. The second kappa shape index (κ2) is 13.2. The molecule has 0 atom stereocenters. The molecule has 1 amide bonds. The first-order valence-electron chi connectivity index (χ1n) is 10.8. The summed E-state index contributed by atoms with van der Waals surface area (Å²) in [5, 5.41) is 2.08. The van der Waals surface area contributed by atoms with Crippen molar-refractivity contribution in [2.45, 2.75) is 46.6 Å². The van der Waals surface area contributed by atoms with Crippen molar-refractivity contribution in [3.63, 3.8) is 0 Å². The molecule has 3 rings (SSSR count). The molecule has 0 saturated heterocycles. The first kappa shape index (κ1) is 24.2. The molecule has 3 aromatic rings. The van der Waals surface area contributed by atoms with Crippen molar-refractivity contribution in [1.82, 2.24) is 0 Å². The summed E-state index contributed by atoms with van der Waals surface area (Å²) in [6, 6.07) is 25.2. The number of carbonyl (C=O) groups excluding carboxylic acids is 1. The van der Waals surface area contributed by atoms with Gasteiger partial charge in [-0.15, -0.1) is 0 Å². The van der Waals surface area contributed by atoms with Gasteiger partial charge in [-0.25, -0.2) is 0 Å². The van der Waals surface area contributed by atoms with E-state index < -0.39 is 0 Å². The Balaban J connectivity index is 0.000000488. The normalized spacial score (nSPS) is 10.2. The highest BCUT2D eigenvalue weighted by Crippen LogP contribution is 2.22. The third kappa shape index (κ3) is 9.49. The highest BCUT2D eigenvalue weighted by molar-refractivity contribution is 5.73. The highest BCUT2D eigenvalue weighted by Gasteiger charge is 2.09. The fourth-order valence-electron chi connectivity index (χ4n) is 3.38. The van der Waals surface area contributed by atoms with Crippen LogP contribution in [0.15, 0.2) is 66.7 Å². The van der Waals surface area contributed by atoms with Gasteiger partial charge in [0.2, 0.25) is 5.91 Å². The maximum atomic E-state index is 11.0. The zero-order valence-electron chi connectivity index (χ0n) is 18.9. The molecular formula is C27H34N2O2. The summed E-state index contributed by atoms with van der Waals surface area (Å²) in [4.78, 5) is 11.0. The molecule has 0 aliphatic heterocycles. The molecular weight excluding hydrogens is 384 g/mol. The Morgan fingerprint density at radius 2 is 1.74 bits per heavy atom. The fourth-order valence-corrected chi connectivity index (χ4v) is 3.38. The number of benzene rings is 3. The number of hydrogen-bond acceptors (Lipinski definition) is 2. The van der Waals surface area contributed by atoms with Crippen molar-refractivity contribution in [1.29, 1.82) is 0 Å². The summed E-state index contributed by atoms with van der Waals surface area (Å²) in [6.07, 6.45) is 2.47. The number of rotatable bonds is 9. The fraction of sp³-hybridized carbons (Fsp3) is 0.296. The van der Waals surface area contributed by atoms with Crippen LogP contribution in [0.2, 0.25) is 0 Å². The summed E-state index contributed by atoms with van der Waals surface area (Å²) in [6.45, 7) is 7.57. The molecule has 0 aliphatic carbocycles. The van der Waals surface area contributed by atoms with Gasteiger partial charge in [-0.2, -0.15) is 36.4 Å². The highest BCUT2D eigenvalue weighted by atomic mass is 16.5. The predicted octanol–water partition coefficient (Wildman–Crippen LogP) is 4.39. The van der Waals surface area contributed by atoms with Crippen LogP contribution in [-0.4, -0.2) is 12.5 Å². The smallest absolute Gasteiger partial charge is 0.223 e. The molecule has 0 bridgehead atoms. The van der Waals surface area contributed by atoms with E-state index in [1.165, 1.54) is 22.3 Å². The first-order valence-corrected chi connectivity index (χ1v) is 10.8. The van der Waals surface area contributed by atoms with Gasteiger partial charge >= 0.3 is 0 Å². The van der Waals surface area contributed by atoms with Crippen LogP contribution in [0.3, 0.4) is 0 Å². The molecule has 4 nitrogen and oxygen atoms in total. The molecule has 164 valence electrons. The number of amides is 1. The van der Waals surface area contributed by atoms with Crippen LogP contribution in [0.25, 0.3) is 0 Å². The Morgan fingerprint density at radius 1 is 1.03 bits per heavy atom. The molecule has 0 unspecified atom stereocenters. The Kier molecular flexibility index (Phi) is 10.3. The van der Waals surface area contributed by atoms with E-state index in [0.29, 0.717) is 19.6 Å². The van der Waals surface area contributed by atoms with Crippen LogP contribution in [0.5, 0.6) is 5.75 Å². The maximum Gasteiger partial charge on any atom is 0.223 e. The van der Waals surface area contributed by atoms with Crippen molar-refractivity contribution in [2.75, 3.05) is 6.54 Å². The Morgan fingerprint density at radius 3 is 2.29 bits per heavy atom. The summed E-state index contributed by atoms with van der Waals surface area (Å²) in [5.41, 5.74) is 11.3. The van der Waals surface area contributed by atoms with Crippen molar-refractivity contribution >= 4 is 11.6 Å². The average molecular weight is 419 g/mol. The Hall–Kier alpha value is -3.11. The number of hydrogen-bond donors (Lipinski definition) is 2. The Labute approximate surface area is 186 Å². The minimum atomic E-state index is -0.268. The summed E-state index contributed by atoms with van der Waals surface area (Å²) >= 11 is 0. The lowest BCUT2D eigenvalue weighted by molar-refractivity contribution is -0.570. The lowest BCUT2D eigenvalue weighted by Crippen LogP contribution is -2.78. The molecule has 0 saturated carbocycles. The topological polar surface area (TPSA) is 68.9 Å². The van der Waals surface area contributed by atoms with Crippen LogP contribution in [0, 0.1) is 19.9 Å². The summed E-state index contributed by atoms with van der Waals surface area (Å²) in [7, 11) is 0. The zero-order valence-corrected chi connectivity index (χ0v) is 18.9. The molecule has 0 radical (unpaired) electrons. The SMILES string of the molecule is CCCc1ccc(OCc2cc(C)cc(C)c2)cc1[NH2+]CCC(N)=O.[c-]1ccccc1. The molecule has 4 heteroatoms. The van der Waals surface area contributed by atoms with Gasteiger partial charge in [-0.3, -0.25) is 4.79 Å². The van der Waals surface area contributed by atoms with Gasteiger partial charge in [0.05, 0.1) is 13.0 Å². The number of carbonyl (C=O) groups is 1. The minimum Gasteiger partial charge on any atom is -0.489 e. The van der Waals surface area contributed by atoms with Crippen LogP contribution >= 0.6 is 0 Å². The van der Waals surface area contributed by atoms with E-state index in [2.05, 4.69) is 62.5 Å². The third-order valence-corrected chi connectivity index (χ3v) is 4.69. The third-order valence-electron chi connectivity index (χ3n) is 4.69. The van der Waals surface area contributed by atoms with Crippen molar-refractivity contribution in [3.05, 3.63) is 95.1 Å². The summed E-state index contributed by atoms with van der Waals surface area (Å²) < 4.78 is 5.99. The van der Waals surface area contributed by atoms with Crippen LogP contribution in [0.1, 0.15) is 42.0 Å². The van der Waals surface area contributed by atoms with Crippen LogP contribution in [-0.2, 0) is 17.8 Å². The van der Waals surface area contributed by atoms with E-state index in [1.807, 2.05) is 36.4 Å². The van der Waals surface area contributed by atoms with Crippen molar-refractivity contribution < 1.29 is 14.8 Å². The molecule has 0 heterocycles. The van der Waals surface area contributed by atoms with Crippen molar-refractivity contribution in [3.8, 4) is 5.75 Å². The molecule has 0 aliphatic rings. The second-order valence-corrected chi connectivity index (χ2v) is 7.68. The van der Waals surface area contributed by atoms with Crippen LogP contribution < -0.4 is 15.8 Å². The molecule has 0 fully saturated rings. The Bertz CT molecular complexity index is 892. The predicted molar refractivity (Wildman–Crippen MR) is 126 cm³/mol. The number of quaternary nitrogens is 1. The summed E-state index contributed by atoms with van der Waals surface area (Å²) in [5.74, 6) is 0.583. The van der Waals surface area contributed by atoms with Gasteiger partial charge in [0.25, 0.3) is 0 Å². The maximum absolute atomic E-state index is 11.0. The molecule has 0 aromatic heterocycles. The van der Waals surface area contributed by atoms with E-state index in [9.17, 15) is 4.79 Å². The van der Waals surface area contributed by atoms with Gasteiger partial charge in [0, 0.05) is 11.6 Å². The molecule has 0 spiro atoms. The van der Waals surface area contributed by atoms with E-state index in [-0.39, 0.29) is 5.91 Å². The standard InChI is InChI=1S/C21H28N2O2.C6H5/c1-4-5-18-6-7-19(13-20(18)23-9-8-21(22)24)25-14-17-11-15(2)10-16(3)12-17;1-2-4-6-5-3-1/h6-7,10-13,23H,4-5,8-9,14H2,1-3H3,(H2,22,24);1-5H/q;-1/p+1. The lowest BCUT2D eigenvalue weighted by atomic mass is 10.1. The van der Waals surface area contributed by atoms with Gasteiger partial charge < -0.3 is 15.8 Å². The van der Waals surface area contributed by atoms with Gasteiger partial charge in [-0.05, 0) is 38.0 Å². The minimum absolute atomic E-state index is 0.268. The van der Waals surface area contributed by atoms with Crippen LogP contribution in [0.4, 0.5) is 5.69 Å². The quantitative estimate of drug-likeness (QED) is 0.400. The van der Waals surface area contributed by atoms with E-state index >= 15 is 0 Å². The lowest BCUT2D eigenvalue weighted by Gasteiger charge is -2.11. The molecule has 4 N–H and O–H groups in total. The van der Waals surface area contributed by atoms with E-state index in [0.717, 1.165) is 24.3 Å². The number of aryl methyl sites for hydroxylation is 3. The monoisotopic (exact) mass is 418 g/mol. The number of ether oxygens (including phenoxy) is 1. The zero-order chi connectivity index (χ0) is 22.5. The molecule has 3 aromatic carbocycles. The first-order chi connectivity index (χ1) is 15.0.